The van der Waals surface area contributed by atoms with Gasteiger partial charge in [-0.3, -0.25) is 20.0 Å². The van der Waals surface area contributed by atoms with Crippen LogP contribution in [0.4, 0.5) is 22.0 Å². The highest BCUT2D eigenvalue weighted by Gasteiger charge is 2.40. The highest BCUT2D eigenvalue weighted by molar-refractivity contribution is 6.44. The van der Waals surface area contributed by atoms with Gasteiger partial charge in [0.1, 0.15) is 5.71 Å². The number of hydrogen-bond acceptors (Lipinski definition) is 5. The Kier molecular flexibility index (Phi) is 7.28. The first-order chi connectivity index (χ1) is 17.5. The molecule has 3 aliphatic rings. The molecule has 0 radical (unpaired) electrons. The SMILES string of the molecule is N=C(C(=O)N1CCC(C2=CC=C(F)C(F)=C(C(F)(F)F)C2)CC1)C1=C(N)CN(C(=O)c2ccncc2)C1. The Hall–Kier alpha value is -3.83. The highest BCUT2D eigenvalue weighted by atomic mass is 19.4. The number of hydrogen-bond donors (Lipinski definition) is 2. The molecule has 37 heavy (non-hydrogen) atoms. The van der Waals surface area contributed by atoms with Crippen LogP contribution in [0.3, 0.4) is 0 Å². The van der Waals surface area contributed by atoms with Crippen molar-refractivity contribution in [1.29, 1.82) is 5.41 Å². The van der Waals surface area contributed by atoms with Crippen molar-refractivity contribution in [2.75, 3.05) is 26.2 Å². The van der Waals surface area contributed by atoms with Crippen molar-refractivity contribution < 1.29 is 31.5 Å². The topological polar surface area (TPSA) is 103 Å². The molecule has 1 aromatic rings. The van der Waals surface area contributed by atoms with Gasteiger partial charge in [0.05, 0.1) is 18.7 Å². The predicted molar refractivity (Wildman–Crippen MR) is 124 cm³/mol. The molecule has 7 nitrogen and oxygen atoms in total. The number of likely N-dealkylation sites (tertiary alicyclic amines) is 1. The summed E-state index contributed by atoms with van der Waals surface area (Å²) in [5.41, 5.74) is 5.27. The number of rotatable bonds is 4. The first-order valence-electron chi connectivity index (χ1n) is 11.5. The van der Waals surface area contributed by atoms with E-state index in [1.807, 2.05) is 0 Å². The summed E-state index contributed by atoms with van der Waals surface area (Å²) in [7, 11) is 0. The molecule has 0 unspecified atom stereocenters. The molecule has 1 aliphatic carbocycles. The number of piperidine rings is 1. The van der Waals surface area contributed by atoms with Crippen molar-refractivity contribution in [2.24, 2.45) is 11.7 Å². The second-order valence-corrected chi connectivity index (χ2v) is 9.07. The van der Waals surface area contributed by atoms with Crippen LogP contribution in [0.15, 0.2) is 70.7 Å². The fraction of sp³-hybridized carbons (Fsp3) is 0.360. The molecule has 12 heteroatoms. The van der Waals surface area contributed by atoms with Crippen LogP contribution in [0.1, 0.15) is 29.6 Å². The lowest BCUT2D eigenvalue weighted by Crippen LogP contribution is -2.43. The second-order valence-electron chi connectivity index (χ2n) is 9.07. The van der Waals surface area contributed by atoms with Crippen LogP contribution in [0.25, 0.3) is 0 Å². The van der Waals surface area contributed by atoms with Gasteiger partial charge in [-0.25, -0.2) is 8.78 Å². The van der Waals surface area contributed by atoms with Gasteiger partial charge in [-0.15, -0.1) is 0 Å². The zero-order valence-electron chi connectivity index (χ0n) is 19.6. The second kappa shape index (κ2) is 10.3. The van der Waals surface area contributed by atoms with Crippen LogP contribution >= 0.6 is 0 Å². The number of alkyl halides is 3. The summed E-state index contributed by atoms with van der Waals surface area (Å²) in [5.74, 6) is -4.79. The first-order valence-corrected chi connectivity index (χ1v) is 11.5. The van der Waals surface area contributed by atoms with Gasteiger partial charge >= 0.3 is 6.18 Å². The summed E-state index contributed by atoms with van der Waals surface area (Å²) in [4.78, 5) is 32.4. The molecule has 0 aromatic carbocycles. The van der Waals surface area contributed by atoms with Crippen molar-refractivity contribution >= 4 is 17.5 Å². The number of amides is 2. The number of pyridine rings is 1. The van der Waals surface area contributed by atoms with Crippen molar-refractivity contribution in [3.05, 3.63) is 76.3 Å². The molecule has 2 amide bonds. The highest BCUT2D eigenvalue weighted by Crippen LogP contribution is 2.41. The zero-order chi connectivity index (χ0) is 26.9. The molecule has 196 valence electrons. The number of allylic oxidation sites excluding steroid dienone is 6. The van der Waals surface area contributed by atoms with Crippen molar-refractivity contribution in [3.8, 4) is 0 Å². The van der Waals surface area contributed by atoms with Gasteiger partial charge in [-0.1, -0.05) is 11.6 Å². The van der Waals surface area contributed by atoms with E-state index in [1.54, 1.807) is 12.1 Å². The third kappa shape index (κ3) is 5.47. The normalized spacial score (nSPS) is 19.6. The maximum absolute atomic E-state index is 13.9. The molecule has 0 saturated carbocycles. The van der Waals surface area contributed by atoms with Gasteiger partial charge in [-0.05, 0) is 37.0 Å². The van der Waals surface area contributed by atoms with Gasteiger partial charge in [-0.2, -0.15) is 13.2 Å². The van der Waals surface area contributed by atoms with E-state index in [1.165, 1.54) is 28.3 Å². The standard InChI is InChI=1S/C25H24F5N5O2/c26-19-2-1-16(11-18(21(19)27)25(28,29)30)14-5-9-34(10-6-14)24(37)22(32)17-12-35(13-20(17)31)23(36)15-3-7-33-8-4-15/h1-4,7-8,14,32H,5-6,9-13,31H2. The Balaban J connectivity index is 1.38. The summed E-state index contributed by atoms with van der Waals surface area (Å²) >= 11 is 0. The van der Waals surface area contributed by atoms with Gasteiger partial charge in [0.15, 0.2) is 11.7 Å². The Bertz CT molecular complexity index is 1240. The third-order valence-electron chi connectivity index (χ3n) is 6.78. The smallest absolute Gasteiger partial charge is 0.400 e. The number of carbonyl (C=O) groups is 2. The summed E-state index contributed by atoms with van der Waals surface area (Å²) in [6, 6.07) is 3.10. The maximum Gasteiger partial charge on any atom is 0.415 e. The van der Waals surface area contributed by atoms with Crippen LogP contribution in [-0.2, 0) is 4.79 Å². The molecule has 1 fully saturated rings. The van der Waals surface area contributed by atoms with Crippen molar-refractivity contribution in [1.82, 2.24) is 14.8 Å². The molecule has 3 heterocycles. The van der Waals surface area contributed by atoms with E-state index in [0.717, 1.165) is 0 Å². The van der Waals surface area contributed by atoms with Gasteiger partial charge < -0.3 is 15.5 Å². The van der Waals surface area contributed by atoms with Crippen molar-refractivity contribution in [2.45, 2.75) is 25.4 Å². The molecule has 1 aromatic heterocycles. The Morgan fingerprint density at radius 3 is 2.30 bits per heavy atom. The summed E-state index contributed by atoms with van der Waals surface area (Å²) < 4.78 is 67.4. The Labute approximate surface area is 209 Å². The number of halogens is 5. The molecular weight excluding hydrogens is 497 g/mol. The number of nitrogens with zero attached hydrogens (tertiary/aromatic N) is 3. The fourth-order valence-corrected chi connectivity index (χ4v) is 4.69. The molecule has 3 N–H and O–H groups in total. The fourth-order valence-electron chi connectivity index (χ4n) is 4.69. The van der Waals surface area contributed by atoms with E-state index < -0.39 is 41.6 Å². The predicted octanol–water partition coefficient (Wildman–Crippen LogP) is 3.98. The van der Waals surface area contributed by atoms with Crippen LogP contribution in [0, 0.1) is 11.3 Å². The number of nitrogens with one attached hydrogen (secondary N) is 1. The Morgan fingerprint density at radius 1 is 1.03 bits per heavy atom. The van der Waals surface area contributed by atoms with Gasteiger partial charge in [0.25, 0.3) is 11.8 Å². The average Bonchev–Trinajstić information content (AvgIpc) is 3.20. The Morgan fingerprint density at radius 2 is 1.68 bits per heavy atom. The number of nitrogens with two attached hydrogens (primary N) is 1. The van der Waals surface area contributed by atoms with Crippen molar-refractivity contribution in [3.63, 3.8) is 0 Å². The molecule has 0 atom stereocenters. The lowest BCUT2D eigenvalue weighted by atomic mass is 9.85. The molecule has 0 bridgehead atoms. The minimum Gasteiger partial charge on any atom is -0.400 e. The summed E-state index contributed by atoms with van der Waals surface area (Å²) in [6.45, 7) is 0.362. The summed E-state index contributed by atoms with van der Waals surface area (Å²) in [5, 5.41) is 8.40. The van der Waals surface area contributed by atoms with Crippen LogP contribution in [0.5, 0.6) is 0 Å². The third-order valence-corrected chi connectivity index (χ3v) is 6.78. The largest absolute Gasteiger partial charge is 0.415 e. The molecule has 1 saturated heterocycles. The van der Waals surface area contributed by atoms with E-state index in [-0.39, 0.29) is 67.5 Å². The van der Waals surface area contributed by atoms with Crippen LogP contribution in [0.2, 0.25) is 0 Å². The van der Waals surface area contributed by atoms with E-state index >= 15 is 0 Å². The van der Waals surface area contributed by atoms with E-state index in [2.05, 4.69) is 4.98 Å². The number of aromatic nitrogens is 1. The first kappa shape index (κ1) is 26.2. The summed E-state index contributed by atoms with van der Waals surface area (Å²) in [6.07, 6.45) is -0.399. The molecule has 2 aliphatic heterocycles. The number of carbonyl (C=O) groups excluding carboxylic acids is 2. The van der Waals surface area contributed by atoms with Crippen LogP contribution in [-0.4, -0.2) is 64.7 Å². The molecule has 4 rings (SSSR count). The minimum atomic E-state index is -5.01. The molecular formula is C25H24F5N5O2. The van der Waals surface area contributed by atoms with E-state index in [0.29, 0.717) is 11.6 Å². The lowest BCUT2D eigenvalue weighted by Gasteiger charge is -2.33. The minimum absolute atomic E-state index is 0.00305. The van der Waals surface area contributed by atoms with E-state index in [4.69, 9.17) is 11.1 Å². The van der Waals surface area contributed by atoms with Gasteiger partial charge in [0.2, 0.25) is 0 Å². The molecule has 0 spiro atoms. The van der Waals surface area contributed by atoms with Crippen LogP contribution < -0.4 is 5.73 Å². The monoisotopic (exact) mass is 521 g/mol. The van der Waals surface area contributed by atoms with Gasteiger partial charge in [0, 0.05) is 48.7 Å². The lowest BCUT2D eigenvalue weighted by molar-refractivity contribution is -0.125. The average molecular weight is 521 g/mol. The zero-order valence-corrected chi connectivity index (χ0v) is 19.6. The maximum atomic E-state index is 13.9. The van der Waals surface area contributed by atoms with E-state index in [9.17, 15) is 31.5 Å². The quantitative estimate of drug-likeness (QED) is 0.462.